The molecule has 71 heavy (non-hydrogen) atoms. The zero-order valence-corrected chi connectivity index (χ0v) is 48.0. The van der Waals surface area contributed by atoms with Gasteiger partial charge in [-0.05, 0) is 154 Å². The molecule has 0 radical (unpaired) electrons. The van der Waals surface area contributed by atoms with E-state index in [9.17, 15) is 9.59 Å². The second kappa shape index (κ2) is 33.5. The maximum atomic E-state index is 12.9. The quantitative estimate of drug-likeness (QED) is 0.0401. The number of hydrogen-bond donors (Lipinski definition) is 0. The molecule has 0 aromatic heterocycles. The van der Waals surface area contributed by atoms with Crippen LogP contribution < -0.4 is 9.05 Å². The van der Waals surface area contributed by atoms with Gasteiger partial charge in [0.15, 0.2) is 0 Å². The molecule has 2 unspecified atom stereocenters. The van der Waals surface area contributed by atoms with Crippen molar-refractivity contribution >= 4 is 49.9 Å². The van der Waals surface area contributed by atoms with Crippen molar-refractivity contribution in [3.8, 4) is 11.5 Å². The van der Waals surface area contributed by atoms with Crippen molar-refractivity contribution in [3.63, 3.8) is 0 Å². The third kappa shape index (κ3) is 21.5. The first-order valence-corrected chi connectivity index (χ1v) is 34.3. The molecule has 0 saturated heterocycles. The predicted octanol–water partition coefficient (Wildman–Crippen LogP) is 19.1. The van der Waals surface area contributed by atoms with E-state index in [4.69, 9.17) is 27.6 Å². The fraction of sp³-hybridized carbons (Fsp3) is 0.763. The van der Waals surface area contributed by atoms with Crippen molar-refractivity contribution in [1.29, 1.82) is 0 Å². The lowest BCUT2D eigenvalue weighted by atomic mass is 9.60. The summed E-state index contributed by atoms with van der Waals surface area (Å²) in [7, 11) is -2.76. The molecule has 0 heterocycles. The molecule has 12 heteroatoms. The molecular weight excluding hydrogens is 963 g/mol. The predicted molar refractivity (Wildman–Crippen MR) is 301 cm³/mol. The lowest BCUT2D eigenvalue weighted by molar-refractivity contribution is -0.141. The van der Waals surface area contributed by atoms with Crippen LogP contribution in [0.25, 0.3) is 0 Å². The summed E-state index contributed by atoms with van der Waals surface area (Å²) in [5.41, 5.74) is 3.01. The Morgan fingerprint density at radius 3 is 1.20 bits per heavy atom. The molecule has 4 aliphatic rings. The Balaban J connectivity index is 0.972. The zero-order chi connectivity index (χ0) is 49.9. The number of benzene rings is 2. The third-order valence-corrected chi connectivity index (χ3v) is 22.1. The minimum Gasteiger partial charge on any atom is -0.465 e. The molecule has 2 aromatic carbocycles. The van der Waals surface area contributed by atoms with E-state index in [1.54, 1.807) is 0 Å². The molecule has 4 saturated carbocycles. The van der Waals surface area contributed by atoms with Crippen LogP contribution in [0.15, 0.2) is 48.5 Å². The van der Waals surface area contributed by atoms with Crippen LogP contribution in [-0.2, 0) is 28.1 Å². The van der Waals surface area contributed by atoms with Gasteiger partial charge in [0.1, 0.15) is 23.0 Å². The van der Waals surface area contributed by atoms with E-state index in [0.29, 0.717) is 36.9 Å². The lowest BCUT2D eigenvalue weighted by Gasteiger charge is -2.46. The minimum absolute atomic E-state index is 0.110. The summed E-state index contributed by atoms with van der Waals surface area (Å²) in [4.78, 5) is 25.8. The number of hydrogen-bond acceptors (Lipinski definition) is 10. The molecule has 0 N–H and O–H groups in total. The first-order valence-electron chi connectivity index (χ1n) is 28.8. The Bertz CT molecular complexity index is 1610. The first-order chi connectivity index (χ1) is 34.7. The van der Waals surface area contributed by atoms with Crippen LogP contribution >= 0.6 is 37.9 Å². The number of unbranched alkanes of at least 4 members (excludes halogenated alkanes) is 10. The largest absolute Gasteiger partial charge is 0.465 e. The highest BCUT2D eigenvalue weighted by Crippen LogP contribution is 2.58. The fourth-order valence-corrected chi connectivity index (χ4v) is 17.2. The number of esters is 2. The molecule has 8 nitrogen and oxygen atoms in total. The van der Waals surface area contributed by atoms with E-state index < -0.39 is 15.2 Å². The Morgan fingerprint density at radius 1 is 0.479 bits per heavy atom. The van der Waals surface area contributed by atoms with Crippen molar-refractivity contribution in [2.24, 2.45) is 17.3 Å². The van der Waals surface area contributed by atoms with Gasteiger partial charge in [-0.25, -0.2) is 0 Å². The summed E-state index contributed by atoms with van der Waals surface area (Å²) in [6.07, 6.45) is 35.8. The summed E-state index contributed by atoms with van der Waals surface area (Å²) < 4.78 is 38.1. The van der Waals surface area contributed by atoms with Crippen LogP contribution in [0, 0.1) is 17.3 Å². The van der Waals surface area contributed by atoms with Gasteiger partial charge in [0, 0.05) is 0 Å². The molecule has 2 aromatic rings. The zero-order valence-electron chi connectivity index (χ0n) is 44.6. The molecular formula is C59H94O8P2S2. The van der Waals surface area contributed by atoms with Gasteiger partial charge < -0.3 is 27.6 Å². The van der Waals surface area contributed by atoms with Gasteiger partial charge in [0.05, 0.1) is 25.4 Å². The van der Waals surface area contributed by atoms with E-state index in [2.05, 4.69) is 76.2 Å². The van der Waals surface area contributed by atoms with E-state index in [0.717, 1.165) is 88.5 Å². The molecule has 0 spiro atoms. The van der Waals surface area contributed by atoms with Gasteiger partial charge in [-0.1, -0.05) is 177 Å². The smallest absolute Gasteiger partial charge is 0.316 e. The first kappa shape index (κ1) is 58.7. The normalized spacial score (nSPS) is 22.4. The minimum atomic E-state index is -1.38. The molecule has 4 fully saturated rings. The van der Waals surface area contributed by atoms with Crippen LogP contribution in [0.3, 0.4) is 0 Å². The second-order valence-electron chi connectivity index (χ2n) is 21.9. The summed E-state index contributed by atoms with van der Waals surface area (Å²) in [5.74, 6) is 4.28. The number of carbonyl (C=O) groups excluding carboxylic acids is 2. The van der Waals surface area contributed by atoms with Crippen molar-refractivity contribution < 1.29 is 37.2 Å². The van der Waals surface area contributed by atoms with Crippen LogP contribution in [0.5, 0.6) is 11.5 Å². The van der Waals surface area contributed by atoms with Gasteiger partial charge >= 0.3 is 11.9 Å². The third-order valence-electron chi connectivity index (χ3n) is 16.3. The van der Waals surface area contributed by atoms with Gasteiger partial charge in [0.25, 0.3) is 15.2 Å². The monoisotopic (exact) mass is 1060 g/mol. The summed E-state index contributed by atoms with van der Waals surface area (Å²) in [6, 6.07) is 17.4. The molecule has 4 aliphatic carbocycles. The molecule has 2 atom stereocenters. The van der Waals surface area contributed by atoms with Crippen molar-refractivity contribution in [1.82, 2.24) is 0 Å². The maximum Gasteiger partial charge on any atom is 0.316 e. The highest BCUT2D eigenvalue weighted by atomic mass is 32.7. The van der Waals surface area contributed by atoms with Crippen LogP contribution in [0.1, 0.15) is 243 Å². The summed E-state index contributed by atoms with van der Waals surface area (Å²) >= 11 is 2.95. The molecule has 400 valence electrons. The number of ether oxygens (including phenoxy) is 2. The number of carbonyl (C=O) groups is 2. The Labute approximate surface area is 442 Å². The van der Waals surface area contributed by atoms with E-state index in [1.165, 1.54) is 149 Å². The number of rotatable bonds is 32. The topological polar surface area (TPSA) is 89.5 Å². The summed E-state index contributed by atoms with van der Waals surface area (Å²) in [6.45, 7) is 10.5. The summed E-state index contributed by atoms with van der Waals surface area (Å²) in [5, 5.41) is 0. The van der Waals surface area contributed by atoms with Gasteiger partial charge in [-0.15, -0.1) is 0 Å². The van der Waals surface area contributed by atoms with Crippen LogP contribution in [0.4, 0.5) is 0 Å². The average molecular weight is 1060 g/mol. The van der Waals surface area contributed by atoms with E-state index in [-0.39, 0.29) is 41.1 Å². The molecule has 0 bridgehead atoms. The van der Waals surface area contributed by atoms with Gasteiger partial charge in [0.2, 0.25) is 0 Å². The second-order valence-corrected chi connectivity index (χ2v) is 28.1. The standard InChI is InChI=1S/C59H94O8P2S2/c1-5-7-9-11-13-21-43-62-57(60)45-70-68(64-53-35-27-49(28-36-53)47-23-17-15-18-24-47)66-55-39-31-51(32-40-55)59(3,4)52-33-41-56(42-34-52)67-69(71-46-58(61)63-44-22-14-12-10-8-6-2)65-54-37-29-50(30-38-54)48-25-19-16-20-26-48/h27-30,35-38,47-48,51-52,55-56H,5-26,31-34,39-46H2,1-4H3. The maximum absolute atomic E-state index is 12.9. The van der Waals surface area contributed by atoms with Crippen molar-refractivity contribution in [3.05, 3.63) is 59.7 Å². The Kier molecular flexibility index (Phi) is 27.7. The molecule has 6 rings (SSSR count). The highest BCUT2D eigenvalue weighted by Gasteiger charge is 2.42. The fourth-order valence-electron chi connectivity index (χ4n) is 11.6. The van der Waals surface area contributed by atoms with Crippen LogP contribution in [0.2, 0.25) is 0 Å². The Hall–Kier alpha value is -1.54. The lowest BCUT2D eigenvalue weighted by Crippen LogP contribution is -2.38. The van der Waals surface area contributed by atoms with Crippen LogP contribution in [-0.4, -0.2) is 48.9 Å². The average Bonchev–Trinajstić information content (AvgIpc) is 3.40. The van der Waals surface area contributed by atoms with Crippen molar-refractivity contribution in [2.45, 2.75) is 244 Å². The van der Waals surface area contributed by atoms with E-state index >= 15 is 0 Å². The SMILES string of the molecule is CCCCCCCCOC(=O)CSP(Oc1ccc(C2CCCCC2)cc1)OC1CCC(C(C)(C)C2CCC(OP(Oc3ccc(C4CCCCC4)cc3)SCC(=O)OCCCCCCCC)CC2)CC1. The highest BCUT2D eigenvalue weighted by molar-refractivity contribution is 8.53. The van der Waals surface area contributed by atoms with Gasteiger partial charge in [-0.2, -0.15) is 0 Å². The molecule has 0 aliphatic heterocycles. The van der Waals surface area contributed by atoms with Crippen molar-refractivity contribution in [2.75, 3.05) is 24.7 Å². The Morgan fingerprint density at radius 2 is 0.831 bits per heavy atom. The molecule has 0 amide bonds. The van der Waals surface area contributed by atoms with E-state index in [1.807, 2.05) is 0 Å². The van der Waals surface area contributed by atoms with Gasteiger partial charge in [-0.3, -0.25) is 9.59 Å².